The molecule has 0 saturated carbocycles. The summed E-state index contributed by atoms with van der Waals surface area (Å²) in [6, 6.07) is 22.1. The molecule has 4 aromatic rings. The minimum atomic E-state index is -0.105. The molecule has 1 aliphatic heterocycles. The number of aromatic nitrogens is 2. The monoisotopic (exact) mass is 365 g/mol. The van der Waals surface area contributed by atoms with E-state index in [1.807, 2.05) is 48.5 Å². The van der Waals surface area contributed by atoms with Crippen molar-refractivity contribution in [3.8, 4) is 11.4 Å². The van der Waals surface area contributed by atoms with Gasteiger partial charge in [-0.05, 0) is 42.0 Å². The number of imidazole rings is 1. The lowest BCUT2D eigenvalue weighted by atomic mass is 10.1. The molecule has 122 valence electrons. The van der Waals surface area contributed by atoms with Gasteiger partial charge in [-0.25, -0.2) is 4.98 Å². The molecule has 0 bridgehead atoms. The van der Waals surface area contributed by atoms with Crippen molar-refractivity contribution in [2.45, 2.75) is 6.17 Å². The van der Waals surface area contributed by atoms with Gasteiger partial charge in [0.1, 0.15) is 12.0 Å². The molecule has 0 amide bonds. The van der Waals surface area contributed by atoms with Crippen LogP contribution in [0, 0.1) is 0 Å². The maximum absolute atomic E-state index is 6.27. The minimum Gasteiger partial charge on any atom is -0.361 e. The highest BCUT2D eigenvalue weighted by Crippen LogP contribution is 2.41. The van der Waals surface area contributed by atoms with E-state index in [1.54, 1.807) is 0 Å². The van der Waals surface area contributed by atoms with Crippen LogP contribution in [0.25, 0.3) is 22.4 Å². The zero-order valence-electron chi connectivity index (χ0n) is 13.1. The molecule has 25 heavy (non-hydrogen) atoms. The fourth-order valence-corrected chi connectivity index (χ4v) is 3.73. The van der Waals surface area contributed by atoms with Crippen LogP contribution in [0.1, 0.15) is 11.7 Å². The van der Waals surface area contributed by atoms with Crippen molar-refractivity contribution in [2.24, 2.45) is 0 Å². The molecule has 0 radical (unpaired) electrons. The standard InChI is InChI=1S/C20H13Cl2N3/c21-14-10-9-12(11-15(14)22)19-23-16-6-2-1-5-13(16)20-24-17-7-3-4-8-18(17)25(19)20/h1-11,19,23H/t19-/m0/s1. The lowest BCUT2D eigenvalue weighted by molar-refractivity contribution is 0.669. The molecule has 5 heteroatoms. The number of benzene rings is 3. The fourth-order valence-electron chi connectivity index (χ4n) is 3.43. The number of hydrogen-bond acceptors (Lipinski definition) is 2. The average Bonchev–Trinajstić information content (AvgIpc) is 3.03. The van der Waals surface area contributed by atoms with Crippen molar-refractivity contribution in [2.75, 3.05) is 5.32 Å². The lowest BCUT2D eigenvalue weighted by Crippen LogP contribution is -2.24. The van der Waals surface area contributed by atoms with Crippen molar-refractivity contribution in [1.29, 1.82) is 0 Å². The average molecular weight is 366 g/mol. The Hall–Kier alpha value is -2.49. The van der Waals surface area contributed by atoms with Crippen LogP contribution in [-0.2, 0) is 0 Å². The second-order valence-electron chi connectivity index (χ2n) is 6.06. The van der Waals surface area contributed by atoms with Gasteiger partial charge in [0.25, 0.3) is 0 Å². The molecule has 0 spiro atoms. The predicted octanol–water partition coefficient (Wildman–Crippen LogP) is 5.98. The summed E-state index contributed by atoms with van der Waals surface area (Å²) in [6.45, 7) is 0. The summed E-state index contributed by atoms with van der Waals surface area (Å²) in [5, 5.41) is 4.72. The van der Waals surface area contributed by atoms with Crippen molar-refractivity contribution >= 4 is 39.9 Å². The van der Waals surface area contributed by atoms with Crippen LogP contribution in [0.4, 0.5) is 5.69 Å². The Morgan fingerprint density at radius 1 is 0.880 bits per heavy atom. The molecular formula is C20H13Cl2N3. The molecule has 5 rings (SSSR count). The third-order valence-corrected chi connectivity index (χ3v) is 5.31. The summed E-state index contributed by atoms with van der Waals surface area (Å²) in [6.07, 6.45) is -0.105. The quantitative estimate of drug-likeness (QED) is 0.449. The minimum absolute atomic E-state index is 0.105. The van der Waals surface area contributed by atoms with Crippen molar-refractivity contribution in [3.63, 3.8) is 0 Å². The first-order valence-electron chi connectivity index (χ1n) is 8.00. The number of halogens is 2. The van der Waals surface area contributed by atoms with Gasteiger partial charge in [0.15, 0.2) is 0 Å². The van der Waals surface area contributed by atoms with E-state index < -0.39 is 0 Å². The Morgan fingerprint density at radius 2 is 1.68 bits per heavy atom. The summed E-state index contributed by atoms with van der Waals surface area (Å²) >= 11 is 12.4. The zero-order chi connectivity index (χ0) is 17.0. The highest BCUT2D eigenvalue weighted by Gasteiger charge is 2.28. The van der Waals surface area contributed by atoms with Crippen LogP contribution in [0.2, 0.25) is 10.0 Å². The van der Waals surface area contributed by atoms with Gasteiger partial charge in [0.2, 0.25) is 0 Å². The van der Waals surface area contributed by atoms with E-state index >= 15 is 0 Å². The van der Waals surface area contributed by atoms with Crippen molar-refractivity contribution in [3.05, 3.63) is 82.3 Å². The van der Waals surface area contributed by atoms with Gasteiger partial charge in [0.05, 0.1) is 21.1 Å². The molecule has 0 saturated heterocycles. The third kappa shape index (κ3) is 2.24. The lowest BCUT2D eigenvalue weighted by Gasteiger charge is -2.30. The smallest absolute Gasteiger partial charge is 0.145 e. The highest BCUT2D eigenvalue weighted by atomic mass is 35.5. The maximum atomic E-state index is 6.27. The summed E-state index contributed by atoms with van der Waals surface area (Å²) in [5.74, 6) is 0.951. The Morgan fingerprint density at radius 3 is 2.56 bits per heavy atom. The van der Waals surface area contributed by atoms with Crippen LogP contribution >= 0.6 is 23.2 Å². The predicted molar refractivity (Wildman–Crippen MR) is 103 cm³/mol. The summed E-state index contributed by atoms with van der Waals surface area (Å²) in [4.78, 5) is 4.87. The molecule has 0 aliphatic carbocycles. The number of nitrogens with zero attached hydrogens (tertiary/aromatic N) is 2. The zero-order valence-corrected chi connectivity index (χ0v) is 14.6. The Kier molecular flexibility index (Phi) is 3.27. The van der Waals surface area contributed by atoms with Crippen LogP contribution in [0.15, 0.2) is 66.7 Å². The molecule has 3 nitrogen and oxygen atoms in total. The van der Waals surface area contributed by atoms with E-state index in [1.165, 1.54) is 0 Å². The molecule has 0 fully saturated rings. The molecule has 1 aromatic heterocycles. The number of hydrogen-bond donors (Lipinski definition) is 1. The second-order valence-corrected chi connectivity index (χ2v) is 6.87. The number of anilines is 1. The van der Waals surface area contributed by atoms with E-state index in [9.17, 15) is 0 Å². The van der Waals surface area contributed by atoms with Gasteiger partial charge in [-0.3, -0.25) is 4.57 Å². The molecule has 0 unspecified atom stereocenters. The topological polar surface area (TPSA) is 29.9 Å². The number of fused-ring (bicyclic) bond motifs is 5. The largest absolute Gasteiger partial charge is 0.361 e. The van der Waals surface area contributed by atoms with Gasteiger partial charge in [-0.2, -0.15) is 0 Å². The van der Waals surface area contributed by atoms with Gasteiger partial charge in [-0.1, -0.05) is 53.5 Å². The normalized spacial score (nSPS) is 15.5. The summed E-state index contributed by atoms with van der Waals surface area (Å²) < 4.78 is 2.22. The van der Waals surface area contributed by atoms with Gasteiger partial charge in [-0.15, -0.1) is 0 Å². The van der Waals surface area contributed by atoms with Gasteiger partial charge >= 0.3 is 0 Å². The second kappa shape index (κ2) is 5.51. The van der Waals surface area contributed by atoms with E-state index in [0.29, 0.717) is 10.0 Å². The molecule has 1 N–H and O–H groups in total. The first-order chi connectivity index (χ1) is 12.2. The molecule has 1 atom stereocenters. The molecular weight excluding hydrogens is 353 g/mol. The molecule has 3 aromatic carbocycles. The molecule has 1 aliphatic rings. The highest BCUT2D eigenvalue weighted by molar-refractivity contribution is 6.42. The van der Waals surface area contributed by atoms with E-state index in [4.69, 9.17) is 28.2 Å². The summed E-state index contributed by atoms with van der Waals surface area (Å²) in [7, 11) is 0. The first-order valence-corrected chi connectivity index (χ1v) is 8.76. The van der Waals surface area contributed by atoms with Crippen LogP contribution in [0.3, 0.4) is 0 Å². The SMILES string of the molecule is Clc1ccc([C@H]2Nc3ccccc3-c3nc4ccccc4n32)cc1Cl. The Balaban J connectivity index is 1.81. The fraction of sp³-hybridized carbons (Fsp3) is 0.0500. The van der Waals surface area contributed by atoms with E-state index in [2.05, 4.69) is 28.1 Å². The van der Waals surface area contributed by atoms with Crippen LogP contribution in [-0.4, -0.2) is 9.55 Å². The van der Waals surface area contributed by atoms with Crippen LogP contribution < -0.4 is 5.32 Å². The Labute approximate surface area is 154 Å². The third-order valence-electron chi connectivity index (χ3n) is 4.57. The maximum Gasteiger partial charge on any atom is 0.145 e. The van der Waals surface area contributed by atoms with Crippen molar-refractivity contribution in [1.82, 2.24) is 9.55 Å². The van der Waals surface area contributed by atoms with E-state index in [-0.39, 0.29) is 6.17 Å². The first kappa shape index (κ1) is 14.8. The van der Waals surface area contributed by atoms with Gasteiger partial charge in [0, 0.05) is 11.3 Å². The number of nitrogens with one attached hydrogen (secondary N) is 1. The molecule has 2 heterocycles. The number of para-hydroxylation sites is 3. The van der Waals surface area contributed by atoms with Crippen molar-refractivity contribution < 1.29 is 0 Å². The van der Waals surface area contributed by atoms with Crippen LogP contribution in [0.5, 0.6) is 0 Å². The summed E-state index contributed by atoms with van der Waals surface area (Å²) in [5.41, 5.74) is 5.24. The van der Waals surface area contributed by atoms with E-state index in [0.717, 1.165) is 33.7 Å². The number of rotatable bonds is 1. The Bertz CT molecular complexity index is 1120. The van der Waals surface area contributed by atoms with Gasteiger partial charge < -0.3 is 5.32 Å².